The van der Waals surface area contributed by atoms with Gasteiger partial charge in [-0.3, -0.25) is 9.69 Å². The Bertz CT molecular complexity index is 852. The zero-order valence-electron chi connectivity index (χ0n) is 16.8. The molecule has 29 heavy (non-hydrogen) atoms. The van der Waals surface area contributed by atoms with Crippen LogP contribution in [0.25, 0.3) is 0 Å². The first-order valence-corrected chi connectivity index (χ1v) is 9.96. The van der Waals surface area contributed by atoms with Crippen LogP contribution in [-0.4, -0.2) is 68.6 Å². The van der Waals surface area contributed by atoms with Gasteiger partial charge in [0.25, 0.3) is 0 Å². The maximum Gasteiger partial charge on any atom is 0.236 e. The number of rotatable bonds is 6. The molecular formula is C22H26ClN3O3. The minimum atomic E-state index is 0.0924. The van der Waals surface area contributed by atoms with Crippen LogP contribution in [0.4, 0.5) is 5.69 Å². The number of carbonyl (C=O) groups is 1. The molecule has 1 amide bonds. The van der Waals surface area contributed by atoms with Gasteiger partial charge >= 0.3 is 0 Å². The fraction of sp³-hybridized carbons (Fsp3) is 0.364. The summed E-state index contributed by atoms with van der Waals surface area (Å²) >= 11 is 6.48. The van der Waals surface area contributed by atoms with E-state index < -0.39 is 0 Å². The largest absolute Gasteiger partial charge is 0.481 e. The van der Waals surface area contributed by atoms with Crippen molar-refractivity contribution in [3.8, 4) is 0 Å². The highest BCUT2D eigenvalue weighted by atomic mass is 35.5. The SMILES string of the molecule is COC(=Nc1cccc(Cl)c1CN(C)CC(=O)N1CCOCC1)c1ccccc1. The zero-order chi connectivity index (χ0) is 20.6. The van der Waals surface area contributed by atoms with E-state index in [4.69, 9.17) is 26.1 Å². The first kappa shape index (κ1) is 21.3. The maximum absolute atomic E-state index is 12.5. The van der Waals surface area contributed by atoms with Crippen LogP contribution in [0, 0.1) is 0 Å². The van der Waals surface area contributed by atoms with E-state index >= 15 is 0 Å². The van der Waals surface area contributed by atoms with Crippen molar-refractivity contribution >= 4 is 29.1 Å². The van der Waals surface area contributed by atoms with Gasteiger partial charge in [0.15, 0.2) is 0 Å². The van der Waals surface area contributed by atoms with Crippen LogP contribution in [0.2, 0.25) is 5.02 Å². The summed E-state index contributed by atoms with van der Waals surface area (Å²) in [5.41, 5.74) is 2.47. The van der Waals surface area contributed by atoms with Crippen molar-refractivity contribution < 1.29 is 14.3 Å². The van der Waals surface area contributed by atoms with E-state index in [1.54, 1.807) is 7.11 Å². The number of amides is 1. The Morgan fingerprint density at radius 1 is 1.17 bits per heavy atom. The molecule has 7 heteroatoms. The molecule has 0 atom stereocenters. The van der Waals surface area contributed by atoms with Crippen molar-refractivity contribution in [1.29, 1.82) is 0 Å². The van der Waals surface area contributed by atoms with Crippen molar-refractivity contribution in [2.75, 3.05) is 47.0 Å². The third-order valence-electron chi connectivity index (χ3n) is 4.73. The van der Waals surface area contributed by atoms with Crippen LogP contribution in [0.3, 0.4) is 0 Å². The number of hydrogen-bond donors (Lipinski definition) is 0. The van der Waals surface area contributed by atoms with Crippen LogP contribution >= 0.6 is 11.6 Å². The van der Waals surface area contributed by atoms with Crippen molar-refractivity contribution in [2.24, 2.45) is 4.99 Å². The predicted molar refractivity (Wildman–Crippen MR) is 115 cm³/mol. The molecule has 1 fully saturated rings. The lowest BCUT2D eigenvalue weighted by molar-refractivity contribution is -0.136. The highest BCUT2D eigenvalue weighted by Gasteiger charge is 2.19. The first-order chi connectivity index (χ1) is 14.1. The van der Waals surface area contributed by atoms with Gasteiger partial charge in [-0.1, -0.05) is 35.9 Å². The summed E-state index contributed by atoms with van der Waals surface area (Å²) in [5.74, 6) is 0.607. The Kier molecular flexibility index (Phi) is 7.63. The number of morpholine rings is 1. The molecule has 2 aromatic rings. The summed E-state index contributed by atoms with van der Waals surface area (Å²) in [7, 11) is 3.51. The van der Waals surface area contributed by atoms with Crippen LogP contribution in [-0.2, 0) is 20.8 Å². The molecule has 1 aliphatic rings. The highest BCUT2D eigenvalue weighted by molar-refractivity contribution is 6.31. The molecule has 0 radical (unpaired) electrons. The molecule has 1 saturated heterocycles. The lowest BCUT2D eigenvalue weighted by atomic mass is 10.1. The molecule has 3 rings (SSSR count). The van der Waals surface area contributed by atoms with E-state index in [9.17, 15) is 4.79 Å². The van der Waals surface area contributed by atoms with Crippen LogP contribution < -0.4 is 0 Å². The third kappa shape index (κ3) is 5.79. The van der Waals surface area contributed by atoms with Crippen LogP contribution in [0.15, 0.2) is 53.5 Å². The van der Waals surface area contributed by atoms with E-state index in [0.717, 1.165) is 16.8 Å². The van der Waals surface area contributed by atoms with Crippen LogP contribution in [0.5, 0.6) is 0 Å². The average Bonchev–Trinajstić information content (AvgIpc) is 2.75. The third-order valence-corrected chi connectivity index (χ3v) is 5.08. The van der Waals surface area contributed by atoms with Gasteiger partial charge in [0, 0.05) is 35.8 Å². The maximum atomic E-state index is 12.5. The predicted octanol–water partition coefficient (Wildman–Crippen LogP) is 3.36. The minimum absolute atomic E-state index is 0.0924. The van der Waals surface area contributed by atoms with Crippen molar-refractivity contribution in [3.05, 3.63) is 64.7 Å². The molecule has 6 nitrogen and oxygen atoms in total. The number of carbonyl (C=O) groups excluding carboxylic acids is 1. The quantitative estimate of drug-likeness (QED) is 0.536. The number of hydrogen-bond acceptors (Lipinski definition) is 5. The normalized spacial score (nSPS) is 14.9. The second-order valence-corrected chi connectivity index (χ2v) is 7.30. The molecule has 0 saturated carbocycles. The molecule has 154 valence electrons. The summed E-state index contributed by atoms with van der Waals surface area (Å²) in [5, 5.41) is 0.612. The topological polar surface area (TPSA) is 54.4 Å². The molecule has 0 bridgehead atoms. The smallest absolute Gasteiger partial charge is 0.236 e. The molecule has 1 heterocycles. The van der Waals surface area contributed by atoms with Gasteiger partial charge in [0.05, 0.1) is 32.6 Å². The lowest BCUT2D eigenvalue weighted by Gasteiger charge is -2.29. The van der Waals surface area contributed by atoms with Crippen LogP contribution in [0.1, 0.15) is 11.1 Å². The summed E-state index contributed by atoms with van der Waals surface area (Å²) in [4.78, 5) is 21.0. The molecule has 0 N–H and O–H groups in total. The summed E-state index contributed by atoms with van der Waals surface area (Å²) < 4.78 is 10.8. The number of aliphatic imine (C=N–C) groups is 1. The highest BCUT2D eigenvalue weighted by Crippen LogP contribution is 2.29. The van der Waals surface area contributed by atoms with E-state index in [2.05, 4.69) is 0 Å². The number of ether oxygens (including phenoxy) is 2. The molecule has 0 aliphatic carbocycles. The second-order valence-electron chi connectivity index (χ2n) is 6.89. The van der Waals surface area contributed by atoms with Crippen molar-refractivity contribution in [3.63, 3.8) is 0 Å². The second kappa shape index (κ2) is 10.4. The first-order valence-electron chi connectivity index (χ1n) is 9.58. The van der Waals surface area contributed by atoms with E-state index in [1.165, 1.54) is 0 Å². The van der Waals surface area contributed by atoms with E-state index in [-0.39, 0.29) is 5.91 Å². The summed E-state index contributed by atoms with van der Waals surface area (Å²) in [6.45, 7) is 3.28. The molecular weight excluding hydrogens is 390 g/mol. The van der Waals surface area contributed by atoms with E-state index in [1.807, 2.05) is 65.4 Å². The molecule has 0 aromatic heterocycles. The lowest BCUT2D eigenvalue weighted by Crippen LogP contribution is -2.44. The van der Waals surface area contributed by atoms with E-state index in [0.29, 0.717) is 50.3 Å². The van der Waals surface area contributed by atoms with Gasteiger partial charge < -0.3 is 14.4 Å². The van der Waals surface area contributed by atoms with Gasteiger partial charge in [-0.25, -0.2) is 4.99 Å². The number of likely N-dealkylation sites (N-methyl/N-ethyl adjacent to an activating group) is 1. The number of methoxy groups -OCH3 is 1. The fourth-order valence-electron chi connectivity index (χ4n) is 3.20. The van der Waals surface area contributed by atoms with Crippen molar-refractivity contribution in [2.45, 2.75) is 6.54 Å². The summed E-state index contributed by atoms with van der Waals surface area (Å²) in [6.07, 6.45) is 0. The Morgan fingerprint density at radius 3 is 2.59 bits per heavy atom. The minimum Gasteiger partial charge on any atom is -0.481 e. The zero-order valence-corrected chi connectivity index (χ0v) is 17.6. The Morgan fingerprint density at radius 2 is 1.90 bits per heavy atom. The Balaban J connectivity index is 1.77. The Labute approximate surface area is 176 Å². The Hall–Kier alpha value is -2.41. The number of halogens is 1. The van der Waals surface area contributed by atoms with Gasteiger partial charge in [-0.05, 0) is 31.3 Å². The van der Waals surface area contributed by atoms with Gasteiger partial charge in [-0.15, -0.1) is 0 Å². The van der Waals surface area contributed by atoms with Gasteiger partial charge in [-0.2, -0.15) is 0 Å². The molecule has 0 unspecified atom stereocenters. The average molecular weight is 416 g/mol. The molecule has 0 spiro atoms. The number of nitrogens with zero attached hydrogens (tertiary/aromatic N) is 3. The number of benzene rings is 2. The summed E-state index contributed by atoms with van der Waals surface area (Å²) in [6, 6.07) is 15.3. The molecule has 1 aliphatic heterocycles. The van der Waals surface area contributed by atoms with Gasteiger partial charge in [0.1, 0.15) is 0 Å². The fourth-order valence-corrected chi connectivity index (χ4v) is 3.43. The molecule has 2 aromatic carbocycles. The van der Waals surface area contributed by atoms with Crippen molar-refractivity contribution in [1.82, 2.24) is 9.80 Å². The monoisotopic (exact) mass is 415 g/mol. The standard InChI is InChI=1S/C22H26ClN3O3/c1-25(16-21(27)26-11-13-29-14-12-26)15-18-19(23)9-6-10-20(18)24-22(28-2)17-7-4-3-5-8-17/h3-10H,11-16H2,1-2H3. The van der Waals surface area contributed by atoms with Gasteiger partial charge in [0.2, 0.25) is 11.8 Å².